The molecule has 1 aromatic heterocycles. The summed E-state index contributed by atoms with van der Waals surface area (Å²) in [6.07, 6.45) is 3.89. The minimum absolute atomic E-state index is 0.0447. The highest BCUT2D eigenvalue weighted by Gasteiger charge is 2.11. The van der Waals surface area contributed by atoms with Crippen molar-refractivity contribution < 1.29 is 9.53 Å². The highest BCUT2D eigenvalue weighted by molar-refractivity contribution is 5.83. The average Bonchev–Trinajstić information content (AvgIpc) is 3.28. The molecule has 0 unspecified atom stereocenters. The Balaban J connectivity index is 1.13. The van der Waals surface area contributed by atoms with Gasteiger partial charge in [-0.05, 0) is 78.4 Å². The number of fused-ring (bicyclic) bond motifs is 2. The highest BCUT2D eigenvalue weighted by Crippen LogP contribution is 2.22. The summed E-state index contributed by atoms with van der Waals surface area (Å²) < 4.78 is 8.06. The fraction of sp³-hybridized carbons (Fsp3) is 0.273. The maximum absolute atomic E-state index is 12.2. The summed E-state index contributed by atoms with van der Waals surface area (Å²) in [5, 5.41) is 5.50. The lowest BCUT2D eigenvalue weighted by Crippen LogP contribution is -2.29. The molecule has 0 atom stereocenters. The Morgan fingerprint density at radius 2 is 1.68 bits per heavy atom. The second-order valence-corrected chi connectivity index (χ2v) is 10.0. The molecule has 0 bridgehead atoms. The first kappa shape index (κ1) is 25.5. The van der Waals surface area contributed by atoms with Gasteiger partial charge in [0.1, 0.15) is 11.6 Å². The lowest BCUT2D eigenvalue weighted by atomic mass is 10.1. The van der Waals surface area contributed by atoms with E-state index in [0.717, 1.165) is 60.4 Å². The summed E-state index contributed by atoms with van der Waals surface area (Å²) >= 11 is 0. The van der Waals surface area contributed by atoms with Crippen LogP contribution in [0.1, 0.15) is 41.8 Å². The van der Waals surface area contributed by atoms with Gasteiger partial charge in [0.25, 0.3) is 5.91 Å². The van der Waals surface area contributed by atoms with Crippen LogP contribution < -0.4 is 10.1 Å². The molecule has 5 aromatic rings. The zero-order chi connectivity index (χ0) is 26.3. The molecule has 1 heterocycles. The van der Waals surface area contributed by atoms with Crippen LogP contribution in [0.4, 0.5) is 0 Å². The predicted octanol–water partition coefficient (Wildman–Crippen LogP) is 6.76. The first-order valence-electron chi connectivity index (χ1n) is 13.5. The SMILES string of the molecule is Cc1ccc(C)c(OCC(=O)NCCCCCc2nc3ccccc3n2Cc2ccc3ccccc3c2)c1. The molecule has 0 fully saturated rings. The third-order valence-electron chi connectivity index (χ3n) is 6.99. The first-order chi connectivity index (χ1) is 18.6. The van der Waals surface area contributed by atoms with Crippen molar-refractivity contribution in [2.75, 3.05) is 13.2 Å². The molecular weight excluding hydrogens is 470 g/mol. The van der Waals surface area contributed by atoms with Crippen molar-refractivity contribution in [2.24, 2.45) is 0 Å². The van der Waals surface area contributed by atoms with Crippen LogP contribution in [0.5, 0.6) is 5.75 Å². The number of aromatic nitrogens is 2. The number of para-hydroxylation sites is 2. The van der Waals surface area contributed by atoms with Crippen molar-refractivity contribution in [1.82, 2.24) is 14.9 Å². The number of hydrogen-bond acceptors (Lipinski definition) is 3. The van der Waals surface area contributed by atoms with Gasteiger partial charge in [-0.3, -0.25) is 4.79 Å². The topological polar surface area (TPSA) is 56.1 Å². The molecule has 194 valence electrons. The standard InChI is InChI=1S/C33H35N3O2/c1-24-15-16-25(2)31(20-24)38-23-33(37)34-19-9-3-4-14-32-35-29-12-7-8-13-30(29)36(32)22-26-17-18-27-10-5-6-11-28(27)21-26/h5-8,10-13,15-18,20-21H,3-4,9,14,19,22-23H2,1-2H3,(H,34,37). The van der Waals surface area contributed by atoms with Crippen molar-refractivity contribution in [3.8, 4) is 5.75 Å². The Morgan fingerprint density at radius 3 is 2.58 bits per heavy atom. The van der Waals surface area contributed by atoms with Gasteiger partial charge in [-0.15, -0.1) is 0 Å². The van der Waals surface area contributed by atoms with Crippen LogP contribution in [0.2, 0.25) is 0 Å². The zero-order valence-corrected chi connectivity index (χ0v) is 22.2. The fourth-order valence-electron chi connectivity index (χ4n) is 4.88. The molecule has 4 aromatic carbocycles. The molecule has 0 aliphatic carbocycles. The number of rotatable bonds is 11. The third-order valence-corrected chi connectivity index (χ3v) is 6.99. The monoisotopic (exact) mass is 505 g/mol. The molecular formula is C33H35N3O2. The van der Waals surface area contributed by atoms with Gasteiger partial charge in [0.2, 0.25) is 0 Å². The summed E-state index contributed by atoms with van der Waals surface area (Å²) in [5.41, 5.74) is 5.65. The Bertz CT molecular complexity index is 1550. The van der Waals surface area contributed by atoms with Crippen LogP contribution in [0, 0.1) is 13.8 Å². The molecule has 38 heavy (non-hydrogen) atoms. The van der Waals surface area contributed by atoms with E-state index in [4.69, 9.17) is 9.72 Å². The van der Waals surface area contributed by atoms with Crippen LogP contribution in [0.15, 0.2) is 84.9 Å². The van der Waals surface area contributed by atoms with E-state index < -0.39 is 0 Å². The first-order valence-corrected chi connectivity index (χ1v) is 13.5. The second kappa shape index (κ2) is 12.0. The van der Waals surface area contributed by atoms with Crippen molar-refractivity contribution >= 4 is 27.7 Å². The number of nitrogens with zero attached hydrogens (tertiary/aromatic N) is 2. The number of ether oxygens (including phenoxy) is 1. The number of carbonyl (C=O) groups is 1. The van der Waals surface area contributed by atoms with Gasteiger partial charge >= 0.3 is 0 Å². The van der Waals surface area contributed by atoms with Gasteiger partial charge in [-0.25, -0.2) is 4.98 Å². The number of aryl methyl sites for hydroxylation is 3. The fourth-order valence-corrected chi connectivity index (χ4v) is 4.88. The molecule has 0 saturated carbocycles. The average molecular weight is 506 g/mol. The number of nitrogens with one attached hydrogen (secondary N) is 1. The van der Waals surface area contributed by atoms with Crippen molar-refractivity contribution in [2.45, 2.75) is 46.1 Å². The maximum atomic E-state index is 12.2. The van der Waals surface area contributed by atoms with Gasteiger partial charge < -0.3 is 14.6 Å². The Morgan fingerprint density at radius 1 is 0.868 bits per heavy atom. The quantitative estimate of drug-likeness (QED) is 0.202. The van der Waals surface area contributed by atoms with Crippen LogP contribution in [0.25, 0.3) is 21.8 Å². The van der Waals surface area contributed by atoms with Crippen molar-refractivity contribution in [1.29, 1.82) is 0 Å². The van der Waals surface area contributed by atoms with E-state index >= 15 is 0 Å². The second-order valence-electron chi connectivity index (χ2n) is 10.0. The number of amides is 1. The number of imidazole rings is 1. The van der Waals surface area contributed by atoms with Crippen molar-refractivity contribution in [3.05, 3.63) is 107 Å². The van der Waals surface area contributed by atoms with Gasteiger partial charge in [0.15, 0.2) is 6.61 Å². The number of carbonyl (C=O) groups excluding carboxylic acids is 1. The summed E-state index contributed by atoms with van der Waals surface area (Å²) in [6, 6.07) is 29.6. The van der Waals surface area contributed by atoms with Gasteiger partial charge in [-0.1, -0.05) is 67.1 Å². The van der Waals surface area contributed by atoms with E-state index in [-0.39, 0.29) is 12.5 Å². The molecule has 1 amide bonds. The lowest BCUT2D eigenvalue weighted by Gasteiger charge is -2.11. The maximum Gasteiger partial charge on any atom is 0.257 e. The highest BCUT2D eigenvalue weighted by atomic mass is 16.5. The number of benzene rings is 4. The Labute approximate surface area is 224 Å². The summed E-state index contributed by atoms with van der Waals surface area (Å²) in [6.45, 7) is 5.51. The van der Waals surface area contributed by atoms with E-state index in [1.165, 1.54) is 21.9 Å². The minimum Gasteiger partial charge on any atom is -0.483 e. The van der Waals surface area contributed by atoms with Gasteiger partial charge in [0.05, 0.1) is 11.0 Å². The van der Waals surface area contributed by atoms with E-state index in [1.807, 2.05) is 38.1 Å². The van der Waals surface area contributed by atoms with E-state index in [2.05, 4.69) is 70.5 Å². The van der Waals surface area contributed by atoms with Crippen LogP contribution in [0.3, 0.4) is 0 Å². The van der Waals surface area contributed by atoms with E-state index in [9.17, 15) is 4.79 Å². The molecule has 0 aliphatic rings. The Hall–Kier alpha value is -4.12. The molecule has 5 heteroatoms. The van der Waals surface area contributed by atoms with Gasteiger partial charge in [0, 0.05) is 19.5 Å². The molecule has 5 rings (SSSR count). The van der Waals surface area contributed by atoms with E-state index in [1.54, 1.807) is 0 Å². The Kier molecular flexibility index (Phi) is 8.03. The number of hydrogen-bond donors (Lipinski definition) is 1. The van der Waals surface area contributed by atoms with Crippen LogP contribution in [-0.4, -0.2) is 28.6 Å². The lowest BCUT2D eigenvalue weighted by molar-refractivity contribution is -0.123. The van der Waals surface area contributed by atoms with E-state index in [0.29, 0.717) is 6.54 Å². The van der Waals surface area contributed by atoms with Crippen molar-refractivity contribution in [3.63, 3.8) is 0 Å². The molecule has 0 saturated heterocycles. The predicted molar refractivity (Wildman–Crippen MR) is 155 cm³/mol. The third kappa shape index (κ3) is 6.23. The number of unbranched alkanes of at least 4 members (excludes halogenated alkanes) is 2. The molecule has 0 spiro atoms. The molecule has 0 aliphatic heterocycles. The van der Waals surface area contributed by atoms with Gasteiger partial charge in [-0.2, -0.15) is 0 Å². The zero-order valence-electron chi connectivity index (χ0n) is 22.2. The smallest absolute Gasteiger partial charge is 0.257 e. The summed E-state index contributed by atoms with van der Waals surface area (Å²) in [4.78, 5) is 17.2. The molecule has 5 nitrogen and oxygen atoms in total. The molecule has 1 N–H and O–H groups in total. The normalized spacial score (nSPS) is 11.2. The summed E-state index contributed by atoms with van der Waals surface area (Å²) in [7, 11) is 0. The van der Waals surface area contributed by atoms with Crippen LogP contribution >= 0.6 is 0 Å². The minimum atomic E-state index is -0.0805. The largest absolute Gasteiger partial charge is 0.483 e. The summed E-state index contributed by atoms with van der Waals surface area (Å²) in [5.74, 6) is 1.81. The molecule has 0 radical (unpaired) electrons. The van der Waals surface area contributed by atoms with Crippen LogP contribution in [-0.2, 0) is 17.8 Å².